The third-order valence-electron chi connectivity index (χ3n) is 3.51. The molecule has 0 bridgehead atoms. The minimum Gasteiger partial charge on any atom is -0.266 e. The predicted octanol–water partition coefficient (Wildman–Crippen LogP) is 3.24. The highest BCUT2D eigenvalue weighted by Gasteiger charge is 2.08. The number of hydrogen-bond donors (Lipinski definition) is 0. The molecule has 0 radical (unpaired) electrons. The monoisotopic (exact) mass is 351 g/mol. The smallest absolute Gasteiger partial charge is 0.266 e. The van der Waals surface area contributed by atoms with Gasteiger partial charge in [0.25, 0.3) is 5.56 Å². The Hall–Kier alpha value is -2.57. The van der Waals surface area contributed by atoms with Gasteiger partial charge in [0, 0.05) is 4.88 Å². The molecule has 0 amide bonds. The molecule has 0 spiro atoms. The van der Waals surface area contributed by atoms with E-state index in [4.69, 9.17) is 0 Å². The van der Waals surface area contributed by atoms with E-state index in [2.05, 4.69) is 10.1 Å². The topological polar surface area (TPSA) is 47.3 Å². The molecule has 0 N–H and O–H groups in total. The van der Waals surface area contributed by atoms with Gasteiger partial charge in [0.05, 0.1) is 4.53 Å². The number of nitrogens with zero attached hydrogens (tertiary/aromatic N) is 3. The summed E-state index contributed by atoms with van der Waals surface area (Å²) >= 11 is 3.00. The Kier molecular flexibility index (Phi) is 3.84. The quantitative estimate of drug-likeness (QED) is 0.569. The molecule has 0 unspecified atom stereocenters. The van der Waals surface area contributed by atoms with Crippen molar-refractivity contribution in [3.8, 4) is 0 Å². The molecule has 4 rings (SSSR count). The lowest BCUT2D eigenvalue weighted by molar-refractivity contribution is 0.925. The standard InChI is InChI=1S/C18H13N3OS2/c1-12-4-6-13(7-5-12)11-15-17(22)21-18(24-15)19-16(20-21)9-8-14-3-2-10-23-14/h2-11H,1H3/b9-8+,15-11-. The van der Waals surface area contributed by atoms with Gasteiger partial charge in [-0.3, -0.25) is 4.79 Å². The number of fused-ring (bicyclic) bond motifs is 1. The third kappa shape index (κ3) is 2.93. The second-order valence-corrected chi connectivity index (χ2v) is 7.33. The maximum absolute atomic E-state index is 12.5. The number of thiazole rings is 1. The van der Waals surface area contributed by atoms with Gasteiger partial charge in [-0.05, 0) is 42.2 Å². The van der Waals surface area contributed by atoms with Crippen LogP contribution in [0.3, 0.4) is 0 Å². The van der Waals surface area contributed by atoms with Gasteiger partial charge < -0.3 is 0 Å². The Morgan fingerprint density at radius 3 is 2.67 bits per heavy atom. The van der Waals surface area contributed by atoms with Gasteiger partial charge >= 0.3 is 0 Å². The maximum atomic E-state index is 12.5. The lowest BCUT2D eigenvalue weighted by Crippen LogP contribution is -2.23. The van der Waals surface area contributed by atoms with Gasteiger partial charge in [-0.1, -0.05) is 47.2 Å². The van der Waals surface area contributed by atoms with Crippen molar-refractivity contribution in [1.82, 2.24) is 14.6 Å². The number of benzene rings is 1. The minimum atomic E-state index is -0.126. The highest BCUT2D eigenvalue weighted by molar-refractivity contribution is 7.15. The van der Waals surface area contributed by atoms with Crippen molar-refractivity contribution >= 4 is 45.9 Å². The average Bonchev–Trinajstić information content (AvgIpc) is 3.27. The summed E-state index contributed by atoms with van der Waals surface area (Å²) < 4.78 is 2.02. The Bertz CT molecular complexity index is 1120. The van der Waals surface area contributed by atoms with Crippen molar-refractivity contribution in [3.63, 3.8) is 0 Å². The van der Waals surface area contributed by atoms with Gasteiger partial charge in [-0.2, -0.15) is 9.50 Å². The summed E-state index contributed by atoms with van der Waals surface area (Å²) in [6.07, 6.45) is 5.66. The molecule has 0 aliphatic heterocycles. The zero-order chi connectivity index (χ0) is 16.5. The van der Waals surface area contributed by atoms with Crippen LogP contribution in [0, 0.1) is 6.92 Å². The van der Waals surface area contributed by atoms with Gasteiger partial charge in [-0.25, -0.2) is 0 Å². The van der Waals surface area contributed by atoms with Crippen molar-refractivity contribution in [2.24, 2.45) is 0 Å². The van der Waals surface area contributed by atoms with Crippen LogP contribution in [0.4, 0.5) is 0 Å². The second kappa shape index (κ2) is 6.14. The number of thiophene rings is 1. The fraction of sp³-hybridized carbons (Fsp3) is 0.0556. The summed E-state index contributed by atoms with van der Waals surface area (Å²) in [5, 5.41) is 6.31. The van der Waals surface area contributed by atoms with Crippen molar-refractivity contribution in [2.75, 3.05) is 0 Å². The van der Waals surface area contributed by atoms with E-state index in [0.29, 0.717) is 15.3 Å². The summed E-state index contributed by atoms with van der Waals surface area (Å²) in [5.74, 6) is 0.550. The Morgan fingerprint density at radius 2 is 1.96 bits per heavy atom. The molecule has 0 saturated heterocycles. The van der Waals surface area contributed by atoms with Crippen LogP contribution in [0.2, 0.25) is 0 Å². The van der Waals surface area contributed by atoms with Gasteiger partial charge in [0.1, 0.15) is 0 Å². The fourth-order valence-corrected chi connectivity index (χ4v) is 3.81. The van der Waals surface area contributed by atoms with E-state index in [0.717, 1.165) is 10.4 Å². The van der Waals surface area contributed by atoms with Crippen molar-refractivity contribution in [2.45, 2.75) is 6.92 Å². The summed E-state index contributed by atoms with van der Waals surface area (Å²) in [4.78, 5) is 18.6. The molecule has 1 aromatic carbocycles. The molecular formula is C18H13N3OS2. The van der Waals surface area contributed by atoms with Crippen LogP contribution in [0.5, 0.6) is 0 Å². The van der Waals surface area contributed by atoms with Crippen LogP contribution in [0.25, 0.3) is 23.2 Å². The van der Waals surface area contributed by atoms with Gasteiger partial charge in [0.15, 0.2) is 5.82 Å². The third-order valence-corrected chi connectivity index (χ3v) is 5.31. The SMILES string of the molecule is Cc1ccc(/C=c2\sc3nc(/C=C/c4cccs4)nn3c2=O)cc1. The van der Waals surface area contributed by atoms with Crippen molar-refractivity contribution in [3.05, 3.63) is 78.5 Å². The Labute approximate surface area is 146 Å². The minimum absolute atomic E-state index is 0.126. The first-order valence-electron chi connectivity index (χ1n) is 7.38. The summed E-state index contributed by atoms with van der Waals surface area (Å²) in [6, 6.07) is 12.1. The van der Waals surface area contributed by atoms with Crippen LogP contribution in [0.1, 0.15) is 21.8 Å². The summed E-state index contributed by atoms with van der Waals surface area (Å²) in [6.45, 7) is 2.04. The molecule has 0 aliphatic rings. The average molecular weight is 351 g/mol. The second-order valence-electron chi connectivity index (χ2n) is 5.34. The van der Waals surface area contributed by atoms with Crippen molar-refractivity contribution in [1.29, 1.82) is 0 Å². The molecule has 0 atom stereocenters. The number of aromatic nitrogens is 3. The van der Waals surface area contributed by atoms with Crippen LogP contribution in [-0.2, 0) is 0 Å². The maximum Gasteiger partial charge on any atom is 0.291 e. The van der Waals surface area contributed by atoms with Gasteiger partial charge in [0.2, 0.25) is 4.96 Å². The zero-order valence-corrected chi connectivity index (χ0v) is 14.5. The molecule has 118 valence electrons. The normalized spacial score (nSPS) is 12.6. The molecule has 24 heavy (non-hydrogen) atoms. The molecule has 3 heterocycles. The van der Waals surface area contributed by atoms with Crippen LogP contribution in [0.15, 0.2) is 46.6 Å². The molecule has 4 aromatic rings. The summed E-state index contributed by atoms with van der Waals surface area (Å²) in [7, 11) is 0. The first kappa shape index (κ1) is 15.0. The summed E-state index contributed by atoms with van der Waals surface area (Å²) in [5.41, 5.74) is 2.07. The van der Waals surface area contributed by atoms with Crippen LogP contribution >= 0.6 is 22.7 Å². The molecular weight excluding hydrogens is 338 g/mol. The van der Waals surface area contributed by atoms with Crippen LogP contribution in [-0.4, -0.2) is 14.6 Å². The highest BCUT2D eigenvalue weighted by atomic mass is 32.1. The molecule has 0 fully saturated rings. The Morgan fingerprint density at radius 1 is 1.12 bits per heavy atom. The van der Waals surface area contributed by atoms with E-state index in [1.807, 2.05) is 66.9 Å². The zero-order valence-electron chi connectivity index (χ0n) is 12.8. The first-order chi connectivity index (χ1) is 11.7. The number of aryl methyl sites for hydroxylation is 1. The largest absolute Gasteiger partial charge is 0.291 e. The van der Waals surface area contributed by atoms with Gasteiger partial charge in [-0.15, -0.1) is 16.4 Å². The lowest BCUT2D eigenvalue weighted by atomic mass is 10.1. The molecule has 0 saturated carbocycles. The predicted molar refractivity (Wildman–Crippen MR) is 100 cm³/mol. The van der Waals surface area contributed by atoms with Crippen LogP contribution < -0.4 is 10.1 Å². The van der Waals surface area contributed by atoms with E-state index in [1.165, 1.54) is 21.4 Å². The van der Waals surface area contributed by atoms with E-state index in [-0.39, 0.29) is 5.56 Å². The lowest BCUT2D eigenvalue weighted by Gasteiger charge is -1.92. The molecule has 4 nitrogen and oxygen atoms in total. The number of rotatable bonds is 3. The molecule has 6 heteroatoms. The Balaban J connectivity index is 1.70. The van der Waals surface area contributed by atoms with E-state index in [9.17, 15) is 4.79 Å². The number of hydrogen-bond acceptors (Lipinski definition) is 5. The molecule has 3 aromatic heterocycles. The first-order valence-corrected chi connectivity index (χ1v) is 9.08. The van der Waals surface area contributed by atoms with Crippen molar-refractivity contribution < 1.29 is 0 Å². The van der Waals surface area contributed by atoms with E-state index < -0.39 is 0 Å². The molecule has 0 aliphatic carbocycles. The van der Waals surface area contributed by atoms with E-state index >= 15 is 0 Å². The highest BCUT2D eigenvalue weighted by Crippen LogP contribution is 2.12. The van der Waals surface area contributed by atoms with E-state index in [1.54, 1.807) is 11.3 Å². The fourth-order valence-electron chi connectivity index (χ4n) is 2.28.